The molecule has 0 atom stereocenters. The van der Waals surface area contributed by atoms with E-state index in [1.165, 1.54) is 0 Å². The van der Waals surface area contributed by atoms with Crippen LogP contribution >= 0.6 is 0 Å². The molecule has 15 heavy (non-hydrogen) atoms. The number of aryl methyl sites for hydroxylation is 1. The molecule has 1 radical (unpaired) electrons. The second-order valence-electron chi connectivity index (χ2n) is 3.37. The van der Waals surface area contributed by atoms with Gasteiger partial charge in [-0.05, 0) is 18.4 Å². The quantitative estimate of drug-likeness (QED) is 0.739. The van der Waals surface area contributed by atoms with Gasteiger partial charge >= 0.3 is 0 Å². The first-order valence-corrected chi connectivity index (χ1v) is 6.70. The molecule has 3 nitrogen and oxygen atoms in total. The Morgan fingerprint density at radius 3 is 2.47 bits per heavy atom. The molecule has 0 spiro atoms. The normalized spacial score (nSPS) is 11.5. The zero-order chi connectivity index (χ0) is 11.1. The molecule has 0 aliphatic heterocycles. The topological polar surface area (TPSA) is 48.2 Å². The minimum atomic E-state index is -3.22. The van der Waals surface area contributed by atoms with Gasteiger partial charge in [0, 0.05) is 6.54 Å². The molecule has 4 heteroatoms. The molecule has 1 aromatic rings. The lowest BCUT2D eigenvalue weighted by molar-refractivity contribution is 0.578. The van der Waals surface area contributed by atoms with Crippen molar-refractivity contribution in [3.05, 3.63) is 35.9 Å². The summed E-state index contributed by atoms with van der Waals surface area (Å²) in [5, 5.41) is 0. The molecule has 0 fully saturated rings. The molecular weight excluding hydrogens is 210 g/mol. The third-order valence-electron chi connectivity index (χ3n) is 2.00. The van der Waals surface area contributed by atoms with Crippen molar-refractivity contribution in [2.75, 3.05) is 12.3 Å². The van der Waals surface area contributed by atoms with Crippen molar-refractivity contribution in [1.82, 2.24) is 4.72 Å². The predicted octanol–water partition coefficient (Wildman–Crippen LogP) is 1.57. The van der Waals surface area contributed by atoms with Gasteiger partial charge in [-0.1, -0.05) is 37.3 Å². The van der Waals surface area contributed by atoms with Crippen LogP contribution in [0.4, 0.5) is 0 Å². The lowest BCUT2D eigenvalue weighted by Crippen LogP contribution is -2.21. The average Bonchev–Trinajstić information content (AvgIpc) is 2.25. The van der Waals surface area contributed by atoms with Gasteiger partial charge in [-0.25, -0.2) is 8.42 Å². The highest BCUT2D eigenvalue weighted by molar-refractivity contribution is 7.89. The first-order chi connectivity index (χ1) is 7.14. The van der Waals surface area contributed by atoms with E-state index in [0.29, 0.717) is 13.0 Å². The first kappa shape index (κ1) is 12.2. The number of sulfonamides is 1. The molecule has 0 N–H and O–H groups in total. The molecule has 0 saturated heterocycles. The summed E-state index contributed by atoms with van der Waals surface area (Å²) in [4.78, 5) is 0. The fourth-order valence-electron chi connectivity index (χ4n) is 1.19. The van der Waals surface area contributed by atoms with Crippen LogP contribution < -0.4 is 4.72 Å². The number of hydrogen-bond donors (Lipinski definition) is 0. The van der Waals surface area contributed by atoms with Crippen molar-refractivity contribution in [1.29, 1.82) is 0 Å². The summed E-state index contributed by atoms with van der Waals surface area (Å²) in [5.74, 6) is 0.108. The zero-order valence-electron chi connectivity index (χ0n) is 8.89. The van der Waals surface area contributed by atoms with Crippen LogP contribution in [-0.4, -0.2) is 20.7 Å². The first-order valence-electron chi connectivity index (χ1n) is 5.09. The van der Waals surface area contributed by atoms with E-state index in [1.54, 1.807) is 0 Å². The third-order valence-corrected chi connectivity index (χ3v) is 3.30. The smallest absolute Gasteiger partial charge is 0.211 e. The van der Waals surface area contributed by atoms with Crippen LogP contribution in [0.1, 0.15) is 18.9 Å². The highest BCUT2D eigenvalue weighted by Gasteiger charge is 2.10. The molecule has 1 aromatic carbocycles. The van der Waals surface area contributed by atoms with Crippen molar-refractivity contribution < 1.29 is 8.42 Å². The van der Waals surface area contributed by atoms with E-state index in [1.807, 2.05) is 37.3 Å². The highest BCUT2D eigenvalue weighted by Crippen LogP contribution is 2.01. The van der Waals surface area contributed by atoms with Crippen LogP contribution in [0.2, 0.25) is 0 Å². The number of hydrogen-bond acceptors (Lipinski definition) is 2. The molecule has 0 heterocycles. The second-order valence-corrected chi connectivity index (χ2v) is 5.20. The van der Waals surface area contributed by atoms with Gasteiger partial charge in [0.1, 0.15) is 0 Å². The molecular formula is C11H16NO2S. The molecule has 0 saturated carbocycles. The number of benzene rings is 1. The summed E-state index contributed by atoms with van der Waals surface area (Å²) in [6.07, 6.45) is 1.31. The molecule has 0 unspecified atom stereocenters. The van der Waals surface area contributed by atoms with E-state index < -0.39 is 10.0 Å². The Balaban J connectivity index is 2.43. The van der Waals surface area contributed by atoms with Crippen LogP contribution in [0.3, 0.4) is 0 Å². The molecule has 0 bridgehead atoms. The Bertz CT molecular complexity index is 373. The van der Waals surface area contributed by atoms with Crippen LogP contribution in [-0.2, 0) is 16.4 Å². The molecule has 83 valence electrons. The maximum atomic E-state index is 11.4. The van der Waals surface area contributed by atoms with Gasteiger partial charge in [-0.2, -0.15) is 0 Å². The van der Waals surface area contributed by atoms with Crippen molar-refractivity contribution >= 4 is 10.0 Å². The van der Waals surface area contributed by atoms with Crippen LogP contribution in [0, 0.1) is 0 Å². The molecule has 1 rings (SSSR count). The molecule has 0 aliphatic carbocycles. The Hall–Kier alpha value is -0.870. The van der Waals surface area contributed by atoms with E-state index in [4.69, 9.17) is 0 Å². The van der Waals surface area contributed by atoms with E-state index >= 15 is 0 Å². The summed E-state index contributed by atoms with van der Waals surface area (Å²) < 4.78 is 26.5. The molecule has 0 amide bonds. The summed E-state index contributed by atoms with van der Waals surface area (Å²) >= 11 is 0. The van der Waals surface area contributed by atoms with Crippen LogP contribution in [0.25, 0.3) is 0 Å². The molecule has 0 aliphatic rings. The Labute approximate surface area is 91.6 Å². The minimum Gasteiger partial charge on any atom is -0.211 e. The number of rotatable bonds is 6. The van der Waals surface area contributed by atoms with Gasteiger partial charge in [0.05, 0.1) is 5.75 Å². The van der Waals surface area contributed by atoms with E-state index in [2.05, 4.69) is 4.72 Å². The van der Waals surface area contributed by atoms with Crippen molar-refractivity contribution in [3.8, 4) is 0 Å². The fraction of sp³-hybridized carbons (Fsp3) is 0.455. The fourth-order valence-corrected chi connectivity index (χ4v) is 2.27. The SMILES string of the molecule is CCC[N]S(=O)(=O)CCc1ccccc1. The largest absolute Gasteiger partial charge is 0.228 e. The highest BCUT2D eigenvalue weighted by atomic mass is 32.2. The Morgan fingerprint density at radius 2 is 1.87 bits per heavy atom. The second kappa shape index (κ2) is 5.88. The van der Waals surface area contributed by atoms with Crippen molar-refractivity contribution in [3.63, 3.8) is 0 Å². The minimum absolute atomic E-state index is 0.108. The van der Waals surface area contributed by atoms with E-state index in [0.717, 1.165) is 12.0 Å². The zero-order valence-corrected chi connectivity index (χ0v) is 9.70. The van der Waals surface area contributed by atoms with Gasteiger partial charge in [0.2, 0.25) is 10.0 Å². The number of nitrogens with zero attached hydrogens (tertiary/aromatic N) is 1. The Morgan fingerprint density at radius 1 is 1.20 bits per heavy atom. The predicted molar refractivity (Wildman–Crippen MR) is 61.2 cm³/mol. The average molecular weight is 226 g/mol. The van der Waals surface area contributed by atoms with Crippen molar-refractivity contribution in [2.45, 2.75) is 19.8 Å². The summed E-state index contributed by atoms with van der Waals surface area (Å²) in [6, 6.07) is 9.58. The van der Waals surface area contributed by atoms with Crippen LogP contribution in [0.5, 0.6) is 0 Å². The van der Waals surface area contributed by atoms with Gasteiger partial charge < -0.3 is 0 Å². The Kier molecular flexibility index (Phi) is 4.78. The van der Waals surface area contributed by atoms with Gasteiger partial charge in [0.15, 0.2) is 0 Å². The third kappa shape index (κ3) is 4.95. The summed E-state index contributed by atoms with van der Waals surface area (Å²) in [5.41, 5.74) is 1.03. The van der Waals surface area contributed by atoms with Gasteiger partial charge in [0.25, 0.3) is 0 Å². The van der Waals surface area contributed by atoms with Crippen molar-refractivity contribution in [2.24, 2.45) is 0 Å². The lowest BCUT2D eigenvalue weighted by atomic mass is 10.2. The maximum absolute atomic E-state index is 11.4. The molecule has 0 aromatic heterocycles. The van der Waals surface area contributed by atoms with Gasteiger partial charge in [-0.15, -0.1) is 4.72 Å². The standard InChI is InChI=1S/C11H16NO2S/c1-2-9-12-15(13,14)10-8-11-6-4-3-5-7-11/h3-7H,2,8-10H2,1H3. The maximum Gasteiger partial charge on any atom is 0.228 e. The van der Waals surface area contributed by atoms with E-state index in [9.17, 15) is 8.42 Å². The lowest BCUT2D eigenvalue weighted by Gasteiger charge is -2.03. The summed E-state index contributed by atoms with van der Waals surface area (Å²) in [6.45, 7) is 2.31. The van der Waals surface area contributed by atoms with Gasteiger partial charge in [-0.3, -0.25) is 0 Å². The van der Waals surface area contributed by atoms with Crippen LogP contribution in [0.15, 0.2) is 30.3 Å². The summed E-state index contributed by atoms with van der Waals surface area (Å²) in [7, 11) is -3.22. The van der Waals surface area contributed by atoms with E-state index in [-0.39, 0.29) is 5.75 Å². The monoisotopic (exact) mass is 226 g/mol.